The largest absolute Gasteiger partial charge is 0.508 e. The molecule has 3 rings (SSSR count). The van der Waals surface area contributed by atoms with E-state index in [-0.39, 0.29) is 23.0 Å². The second-order valence-electron chi connectivity index (χ2n) is 8.29. The summed E-state index contributed by atoms with van der Waals surface area (Å²) in [5, 5.41) is 19.0. The van der Waals surface area contributed by atoms with Crippen LogP contribution < -0.4 is 9.47 Å². The van der Waals surface area contributed by atoms with Crippen molar-refractivity contribution in [3.8, 4) is 17.4 Å². The van der Waals surface area contributed by atoms with Crippen LogP contribution in [0.25, 0.3) is 5.57 Å². The molecule has 1 aliphatic rings. The van der Waals surface area contributed by atoms with Gasteiger partial charge in [-0.2, -0.15) is 0 Å². The SMILES string of the molecule is CCc1ccc(Oc2cc(OC)c(C)nn2)cc1C1=C(O)C(C)(C)OC(C)(C)C1=O. The molecule has 1 N–H and O–H groups in total. The number of hydrogen-bond donors (Lipinski definition) is 1. The minimum absolute atomic E-state index is 0.0875. The fourth-order valence-corrected chi connectivity index (χ4v) is 3.65. The molecule has 7 nitrogen and oxygen atoms in total. The third-order valence-electron chi connectivity index (χ3n) is 5.17. The van der Waals surface area contributed by atoms with E-state index in [1.54, 1.807) is 59.9 Å². The summed E-state index contributed by atoms with van der Waals surface area (Å²) >= 11 is 0. The predicted octanol–water partition coefficient (Wildman–Crippen LogP) is 4.57. The maximum atomic E-state index is 13.2. The highest BCUT2D eigenvalue weighted by atomic mass is 16.5. The van der Waals surface area contributed by atoms with Crippen molar-refractivity contribution in [1.82, 2.24) is 10.2 Å². The van der Waals surface area contributed by atoms with E-state index in [0.717, 1.165) is 5.56 Å². The average Bonchev–Trinajstić information content (AvgIpc) is 2.68. The molecule has 1 aromatic carbocycles. The number of hydrogen-bond acceptors (Lipinski definition) is 7. The lowest BCUT2D eigenvalue weighted by atomic mass is 9.81. The van der Waals surface area contributed by atoms with Gasteiger partial charge in [-0.25, -0.2) is 0 Å². The van der Waals surface area contributed by atoms with E-state index in [0.29, 0.717) is 29.2 Å². The Morgan fingerprint density at radius 3 is 2.43 bits per heavy atom. The first kappa shape index (κ1) is 21.8. The van der Waals surface area contributed by atoms with E-state index >= 15 is 0 Å². The molecule has 0 atom stereocenters. The first-order valence-electron chi connectivity index (χ1n) is 9.88. The second kappa shape index (κ2) is 7.72. The van der Waals surface area contributed by atoms with Crippen LogP contribution in [-0.4, -0.2) is 39.4 Å². The Morgan fingerprint density at radius 1 is 1.10 bits per heavy atom. The van der Waals surface area contributed by atoms with E-state index in [1.807, 2.05) is 13.0 Å². The summed E-state index contributed by atoms with van der Waals surface area (Å²) in [6, 6.07) is 7.08. The summed E-state index contributed by atoms with van der Waals surface area (Å²) in [4.78, 5) is 13.2. The van der Waals surface area contributed by atoms with Crippen molar-refractivity contribution >= 4 is 11.4 Å². The zero-order valence-electron chi connectivity index (χ0n) is 18.5. The average molecular weight is 412 g/mol. The number of ether oxygens (including phenoxy) is 3. The quantitative estimate of drug-likeness (QED) is 0.769. The number of aryl methyl sites for hydroxylation is 2. The monoisotopic (exact) mass is 412 g/mol. The molecule has 0 saturated heterocycles. The highest BCUT2D eigenvalue weighted by Gasteiger charge is 2.47. The Morgan fingerprint density at radius 2 is 1.80 bits per heavy atom. The number of carbonyl (C=O) groups is 1. The van der Waals surface area contributed by atoms with E-state index in [4.69, 9.17) is 14.2 Å². The highest BCUT2D eigenvalue weighted by Crippen LogP contribution is 2.42. The minimum Gasteiger partial charge on any atom is -0.508 e. The summed E-state index contributed by atoms with van der Waals surface area (Å²) in [6.07, 6.45) is 0.680. The van der Waals surface area contributed by atoms with Crippen LogP contribution in [0, 0.1) is 6.92 Å². The topological polar surface area (TPSA) is 90.8 Å². The summed E-state index contributed by atoms with van der Waals surface area (Å²) in [5.41, 5.74) is 0.380. The fraction of sp³-hybridized carbons (Fsp3) is 0.435. The number of ketones is 1. The Labute approximate surface area is 176 Å². The fourth-order valence-electron chi connectivity index (χ4n) is 3.65. The number of benzene rings is 1. The number of aliphatic hydroxyl groups excluding tert-OH is 1. The molecule has 0 spiro atoms. The predicted molar refractivity (Wildman–Crippen MR) is 113 cm³/mol. The van der Waals surface area contributed by atoms with E-state index in [1.165, 1.54) is 0 Å². The van der Waals surface area contributed by atoms with Gasteiger partial charge < -0.3 is 19.3 Å². The van der Waals surface area contributed by atoms with Gasteiger partial charge in [-0.1, -0.05) is 13.0 Å². The summed E-state index contributed by atoms with van der Waals surface area (Å²) in [7, 11) is 1.55. The highest BCUT2D eigenvalue weighted by molar-refractivity contribution is 6.26. The number of methoxy groups -OCH3 is 1. The first-order chi connectivity index (χ1) is 14.0. The molecule has 0 amide bonds. The van der Waals surface area contributed by atoms with Crippen LogP contribution in [0.4, 0.5) is 0 Å². The van der Waals surface area contributed by atoms with Crippen molar-refractivity contribution < 1.29 is 24.1 Å². The number of rotatable bonds is 5. The van der Waals surface area contributed by atoms with Gasteiger partial charge in [0.15, 0.2) is 5.78 Å². The first-order valence-corrected chi connectivity index (χ1v) is 9.88. The van der Waals surface area contributed by atoms with Crippen LogP contribution in [-0.2, 0) is 16.0 Å². The van der Waals surface area contributed by atoms with Crippen molar-refractivity contribution in [1.29, 1.82) is 0 Å². The van der Waals surface area contributed by atoms with E-state index < -0.39 is 11.2 Å². The van der Waals surface area contributed by atoms with Crippen LogP contribution in [0.2, 0.25) is 0 Å². The maximum Gasteiger partial charge on any atom is 0.242 e. The number of Topliss-reactive ketones (excluding diaryl/α,β-unsaturated/α-hetero) is 1. The van der Waals surface area contributed by atoms with Crippen LogP contribution in [0.15, 0.2) is 30.0 Å². The Hall–Kier alpha value is -2.93. The number of aromatic nitrogens is 2. The van der Waals surface area contributed by atoms with Gasteiger partial charge in [0.1, 0.15) is 34.2 Å². The second-order valence-corrected chi connectivity index (χ2v) is 8.29. The van der Waals surface area contributed by atoms with Gasteiger partial charge in [-0.05, 0) is 64.3 Å². The van der Waals surface area contributed by atoms with Crippen LogP contribution in [0.5, 0.6) is 17.4 Å². The molecule has 0 fully saturated rings. The zero-order chi connectivity index (χ0) is 22.3. The molecule has 7 heteroatoms. The summed E-state index contributed by atoms with van der Waals surface area (Å²) in [6.45, 7) is 10.7. The van der Waals surface area contributed by atoms with Gasteiger partial charge in [0.05, 0.1) is 12.7 Å². The molecule has 2 aromatic rings. The lowest BCUT2D eigenvalue weighted by Crippen LogP contribution is -2.49. The van der Waals surface area contributed by atoms with Crippen LogP contribution in [0.1, 0.15) is 51.4 Å². The van der Waals surface area contributed by atoms with Crippen molar-refractivity contribution in [2.45, 2.75) is 59.2 Å². The molecule has 30 heavy (non-hydrogen) atoms. The Balaban J connectivity index is 2.10. The van der Waals surface area contributed by atoms with Crippen LogP contribution in [0.3, 0.4) is 0 Å². The third kappa shape index (κ3) is 3.89. The molecule has 0 saturated carbocycles. The van der Waals surface area contributed by atoms with E-state index in [9.17, 15) is 9.90 Å². The molecule has 1 aromatic heterocycles. The lowest BCUT2D eigenvalue weighted by molar-refractivity contribution is -0.158. The molecule has 160 valence electrons. The zero-order valence-corrected chi connectivity index (χ0v) is 18.5. The van der Waals surface area contributed by atoms with Crippen molar-refractivity contribution in [3.05, 3.63) is 46.8 Å². The number of aliphatic hydroxyl groups is 1. The minimum atomic E-state index is -1.07. The van der Waals surface area contributed by atoms with Crippen LogP contribution >= 0.6 is 0 Å². The smallest absolute Gasteiger partial charge is 0.242 e. The third-order valence-corrected chi connectivity index (χ3v) is 5.17. The lowest BCUT2D eigenvalue weighted by Gasteiger charge is -2.40. The molecule has 0 unspecified atom stereocenters. The molecule has 0 bridgehead atoms. The normalized spacial score (nSPS) is 17.8. The van der Waals surface area contributed by atoms with E-state index in [2.05, 4.69) is 10.2 Å². The molecule has 0 radical (unpaired) electrons. The van der Waals surface area contributed by atoms with Gasteiger partial charge in [-0.3, -0.25) is 4.79 Å². The van der Waals surface area contributed by atoms with Gasteiger partial charge >= 0.3 is 0 Å². The van der Waals surface area contributed by atoms with Gasteiger partial charge in [-0.15, -0.1) is 10.2 Å². The van der Waals surface area contributed by atoms with Gasteiger partial charge in [0, 0.05) is 6.07 Å². The number of carbonyl (C=O) groups excluding carboxylic acids is 1. The Kier molecular flexibility index (Phi) is 5.60. The van der Waals surface area contributed by atoms with Crippen molar-refractivity contribution in [2.24, 2.45) is 0 Å². The number of nitrogens with zero attached hydrogens (tertiary/aromatic N) is 2. The molecular weight excluding hydrogens is 384 g/mol. The molecule has 0 aliphatic carbocycles. The van der Waals surface area contributed by atoms with Gasteiger partial charge in [0.25, 0.3) is 0 Å². The summed E-state index contributed by atoms with van der Waals surface area (Å²) < 4.78 is 17.0. The summed E-state index contributed by atoms with van der Waals surface area (Å²) in [5.74, 6) is 0.940. The molecule has 1 aliphatic heterocycles. The van der Waals surface area contributed by atoms with Gasteiger partial charge in [0.2, 0.25) is 5.88 Å². The van der Waals surface area contributed by atoms with Crippen molar-refractivity contribution in [2.75, 3.05) is 7.11 Å². The molecular formula is C23H28N2O5. The standard InChI is InChI=1S/C23H28N2O5/c1-8-14-9-10-15(29-18-12-17(28-7)13(2)24-25-18)11-16(14)19-20(26)22(3,4)30-23(5,6)21(19)27/h9-12,26H,8H2,1-7H3. The van der Waals surface area contributed by atoms with Crippen molar-refractivity contribution in [3.63, 3.8) is 0 Å². The maximum absolute atomic E-state index is 13.2. The Bertz CT molecular complexity index is 1020. The molecule has 2 heterocycles.